The molecule has 0 fully saturated rings. The van der Waals surface area contributed by atoms with Crippen LogP contribution in [0.3, 0.4) is 0 Å². The molecule has 0 saturated heterocycles. The Morgan fingerprint density at radius 3 is 2.60 bits per heavy atom. The van der Waals surface area contributed by atoms with Gasteiger partial charge in [-0.25, -0.2) is 18.8 Å². The highest BCUT2D eigenvalue weighted by Gasteiger charge is 2.19. The largest absolute Gasteiger partial charge is 0.412 e. The highest BCUT2D eigenvalue weighted by Crippen LogP contribution is 2.34. The lowest BCUT2D eigenvalue weighted by molar-refractivity contribution is 0.102. The van der Waals surface area contributed by atoms with Gasteiger partial charge in [0.25, 0.3) is 5.91 Å². The third-order valence-corrected chi connectivity index (χ3v) is 7.43. The number of amides is 2. The number of unbranched alkanes of at least 4 members (excludes halogenated alkanes) is 4. The molecule has 12 heteroatoms. The van der Waals surface area contributed by atoms with E-state index in [0.717, 1.165) is 40.5 Å². The van der Waals surface area contributed by atoms with E-state index < -0.39 is 6.09 Å². The van der Waals surface area contributed by atoms with Gasteiger partial charge >= 0.3 is 6.09 Å². The minimum atomic E-state index is -0.494. The van der Waals surface area contributed by atoms with Crippen molar-refractivity contribution in [1.29, 1.82) is 0 Å². The summed E-state index contributed by atoms with van der Waals surface area (Å²) in [5, 5.41) is 12.8. The van der Waals surface area contributed by atoms with Crippen molar-refractivity contribution in [1.82, 2.24) is 29.4 Å². The average molecular weight is 629 g/mol. The van der Waals surface area contributed by atoms with Crippen molar-refractivity contribution < 1.29 is 14.3 Å². The summed E-state index contributed by atoms with van der Waals surface area (Å²) >= 11 is 4.89. The molecule has 1 aromatic carbocycles. The van der Waals surface area contributed by atoms with Gasteiger partial charge < -0.3 is 20.3 Å². The summed E-state index contributed by atoms with van der Waals surface area (Å²) in [4.78, 5) is 31.8. The number of hydrogen-bond donors (Lipinski definition) is 2. The first-order chi connectivity index (χ1) is 19.4. The molecule has 0 aliphatic carbocycles. The molecule has 0 saturated carbocycles. The molecule has 3 aromatic heterocycles. The van der Waals surface area contributed by atoms with Crippen molar-refractivity contribution in [2.24, 2.45) is 0 Å². The first kappa shape index (κ1) is 29.6. The number of carbonyl (C=O) groups excluding carboxylic acids is 2. The van der Waals surface area contributed by atoms with Gasteiger partial charge in [-0.3, -0.25) is 4.79 Å². The molecule has 0 bridgehead atoms. The van der Waals surface area contributed by atoms with Gasteiger partial charge in [-0.2, -0.15) is 5.10 Å². The van der Waals surface area contributed by atoms with Crippen molar-refractivity contribution in [3.63, 3.8) is 0 Å². The van der Waals surface area contributed by atoms with E-state index in [-0.39, 0.29) is 5.91 Å². The summed E-state index contributed by atoms with van der Waals surface area (Å²) in [6.45, 7) is 4.11. The molecule has 2 N–H and O–H groups in total. The Labute approximate surface area is 246 Å². The van der Waals surface area contributed by atoms with Crippen molar-refractivity contribution in [3.8, 4) is 17.0 Å². The monoisotopic (exact) mass is 627 g/mol. The number of fused-ring (bicyclic) bond motifs is 1. The third-order valence-electron chi connectivity index (χ3n) is 6.24. The number of anilines is 1. The van der Waals surface area contributed by atoms with Crippen LogP contribution in [0.2, 0.25) is 0 Å². The van der Waals surface area contributed by atoms with Crippen molar-refractivity contribution in [3.05, 3.63) is 51.9 Å². The molecular formula is C28H34BrN7O3S. The lowest BCUT2D eigenvalue weighted by Gasteiger charge is -2.11. The number of aryl methyl sites for hydroxylation is 1. The Morgan fingerprint density at radius 1 is 1.12 bits per heavy atom. The van der Waals surface area contributed by atoms with Crippen molar-refractivity contribution >= 4 is 56.3 Å². The van der Waals surface area contributed by atoms with Gasteiger partial charge in [0, 0.05) is 35.1 Å². The summed E-state index contributed by atoms with van der Waals surface area (Å²) < 4.78 is 12.0. The topological polar surface area (TPSA) is 114 Å². The Balaban J connectivity index is 1.57. The lowest BCUT2D eigenvalue weighted by Crippen LogP contribution is -2.33. The molecule has 40 heavy (non-hydrogen) atoms. The fraction of sp³-hybridized carbons (Fsp3) is 0.393. The molecule has 212 valence electrons. The number of likely N-dealkylation sites (N-methyl/N-ethyl adjacent to an activating group) is 1. The minimum Gasteiger partial charge on any atom is -0.410 e. The van der Waals surface area contributed by atoms with E-state index in [1.807, 2.05) is 41.9 Å². The van der Waals surface area contributed by atoms with Gasteiger partial charge in [-0.05, 0) is 78.3 Å². The fourth-order valence-corrected chi connectivity index (χ4v) is 5.15. The Bertz CT molecular complexity index is 1420. The number of pyridine rings is 1. The molecule has 0 atom stereocenters. The third kappa shape index (κ3) is 7.86. The van der Waals surface area contributed by atoms with Crippen LogP contribution in [0.25, 0.3) is 22.3 Å². The molecular weight excluding hydrogens is 594 g/mol. The molecule has 0 aliphatic rings. The Hall–Kier alpha value is -3.35. The number of carbonyl (C=O) groups is 2. The maximum absolute atomic E-state index is 12.8. The zero-order valence-corrected chi connectivity index (χ0v) is 25.3. The molecule has 4 aromatic rings. The van der Waals surface area contributed by atoms with Gasteiger partial charge in [-0.1, -0.05) is 32.6 Å². The second-order valence-corrected chi connectivity index (χ2v) is 11.2. The molecule has 0 spiro atoms. The molecule has 0 unspecified atom stereocenters. The average Bonchev–Trinajstić information content (AvgIpc) is 3.57. The highest BCUT2D eigenvalue weighted by atomic mass is 79.9. The van der Waals surface area contributed by atoms with Gasteiger partial charge in [0.1, 0.15) is 5.75 Å². The van der Waals surface area contributed by atoms with E-state index in [2.05, 4.69) is 37.9 Å². The summed E-state index contributed by atoms with van der Waals surface area (Å²) in [5.41, 5.74) is 2.75. The van der Waals surface area contributed by atoms with Gasteiger partial charge in [0.2, 0.25) is 0 Å². The summed E-state index contributed by atoms with van der Waals surface area (Å²) in [5.74, 6) is 0.640. The van der Waals surface area contributed by atoms with Gasteiger partial charge in [0.05, 0.1) is 22.8 Å². The normalized spacial score (nSPS) is 11.2. The Morgan fingerprint density at radius 2 is 1.90 bits per heavy atom. The van der Waals surface area contributed by atoms with E-state index >= 15 is 0 Å². The highest BCUT2D eigenvalue weighted by molar-refractivity contribution is 9.10. The number of benzene rings is 1. The van der Waals surface area contributed by atoms with Crippen LogP contribution in [0.4, 0.5) is 10.6 Å². The van der Waals surface area contributed by atoms with E-state index in [1.54, 1.807) is 23.7 Å². The Kier molecular flexibility index (Phi) is 10.6. The second kappa shape index (κ2) is 14.3. The molecule has 0 radical (unpaired) electrons. The van der Waals surface area contributed by atoms with Crippen molar-refractivity contribution in [2.75, 3.05) is 32.5 Å². The van der Waals surface area contributed by atoms with E-state index in [4.69, 9.17) is 14.8 Å². The molecule has 0 aliphatic heterocycles. The van der Waals surface area contributed by atoms with Crippen LogP contribution in [0.15, 0.2) is 46.4 Å². The van der Waals surface area contributed by atoms with Gasteiger partial charge in [0.15, 0.2) is 11.5 Å². The van der Waals surface area contributed by atoms with Crippen molar-refractivity contribution in [2.45, 2.75) is 45.6 Å². The molecule has 4 rings (SSSR count). The molecule has 3 heterocycles. The minimum absolute atomic E-state index is 0.259. The zero-order valence-electron chi connectivity index (χ0n) is 22.9. The number of hydrogen-bond acceptors (Lipinski definition) is 8. The predicted octanol–water partition coefficient (Wildman–Crippen LogP) is 6.19. The number of halogens is 1. The van der Waals surface area contributed by atoms with Crippen LogP contribution in [0.1, 0.15) is 49.4 Å². The predicted molar refractivity (Wildman–Crippen MR) is 162 cm³/mol. The van der Waals surface area contributed by atoms with E-state index in [0.29, 0.717) is 35.9 Å². The SMILES string of the molecule is CCCCCCCn1nc(NC(=O)c2cnsc2)c2cc(Br)c(-c3ccc(OC(=O)NCCN(C)C)cc3)nc21. The molecule has 10 nitrogen and oxygen atoms in total. The standard InChI is InChI=1S/C28H34BrN7O3S/c1-4-5-6-7-8-14-36-26-22(25(34-36)33-27(37)20-17-31-40-18-20)16-23(29)24(32-26)19-9-11-21(12-10-19)39-28(38)30-13-15-35(2)3/h9-12,16-18H,4-8,13-15H2,1-3H3,(H,30,38)(H,33,34,37). The lowest BCUT2D eigenvalue weighted by atomic mass is 10.1. The quantitative estimate of drug-likeness (QED) is 0.170. The van der Waals surface area contributed by atoms with Crippen LogP contribution < -0.4 is 15.4 Å². The smallest absolute Gasteiger partial charge is 0.410 e. The maximum Gasteiger partial charge on any atom is 0.412 e. The van der Waals surface area contributed by atoms with Crippen LogP contribution >= 0.6 is 27.5 Å². The van der Waals surface area contributed by atoms with E-state index in [1.165, 1.54) is 30.8 Å². The molecule has 2 amide bonds. The number of aromatic nitrogens is 4. The number of nitrogens with one attached hydrogen (secondary N) is 2. The fourth-order valence-electron chi connectivity index (χ4n) is 4.09. The zero-order chi connectivity index (χ0) is 28.5. The van der Waals surface area contributed by atoms with Crippen LogP contribution in [-0.4, -0.2) is 63.2 Å². The van der Waals surface area contributed by atoms with Crippen LogP contribution in [0, 0.1) is 0 Å². The summed E-state index contributed by atoms with van der Waals surface area (Å²) in [6, 6.07) is 9.13. The number of nitrogens with zero attached hydrogens (tertiary/aromatic N) is 5. The number of ether oxygens (including phenoxy) is 1. The second-order valence-electron chi connectivity index (χ2n) is 9.69. The number of rotatable bonds is 13. The van der Waals surface area contributed by atoms with E-state index in [9.17, 15) is 9.59 Å². The first-order valence-electron chi connectivity index (χ1n) is 13.3. The summed E-state index contributed by atoms with van der Waals surface area (Å²) in [7, 11) is 3.88. The van der Waals surface area contributed by atoms with Gasteiger partial charge in [-0.15, -0.1) is 0 Å². The maximum atomic E-state index is 12.8. The summed E-state index contributed by atoms with van der Waals surface area (Å²) in [6.07, 6.45) is 6.69. The first-order valence-corrected chi connectivity index (χ1v) is 15.0. The van der Waals surface area contributed by atoms with Crippen LogP contribution in [0.5, 0.6) is 5.75 Å². The van der Waals surface area contributed by atoms with Crippen LogP contribution in [-0.2, 0) is 6.54 Å².